The van der Waals surface area contributed by atoms with Crippen molar-refractivity contribution >= 4 is 9.84 Å². The van der Waals surface area contributed by atoms with Crippen LogP contribution in [0.5, 0.6) is 5.75 Å². The van der Waals surface area contributed by atoms with Crippen molar-refractivity contribution in [3.05, 3.63) is 64.5 Å². The van der Waals surface area contributed by atoms with Gasteiger partial charge in [-0.05, 0) is 31.2 Å². The van der Waals surface area contributed by atoms with Crippen molar-refractivity contribution < 1.29 is 13.2 Å². The minimum Gasteiger partial charge on any atom is -0.496 e. The second-order valence-electron chi connectivity index (χ2n) is 4.60. The Morgan fingerprint density at radius 2 is 1.71 bits per heavy atom. The van der Waals surface area contributed by atoms with Crippen molar-refractivity contribution in [1.82, 2.24) is 0 Å². The van der Waals surface area contributed by atoms with Crippen LogP contribution >= 0.6 is 0 Å². The molecule has 2 aromatic carbocycles. The fourth-order valence-corrected chi connectivity index (χ4v) is 3.52. The van der Waals surface area contributed by atoms with Gasteiger partial charge in [-0.15, -0.1) is 0 Å². The molecule has 0 aliphatic rings. The first-order chi connectivity index (χ1) is 10.0. The molecule has 0 bridgehead atoms. The smallest absolute Gasteiger partial charge is 0.401 e. The van der Waals surface area contributed by atoms with E-state index in [4.69, 9.17) is 11.3 Å². The van der Waals surface area contributed by atoms with Gasteiger partial charge in [0.2, 0.25) is 0 Å². The number of sulfone groups is 1. The van der Waals surface area contributed by atoms with Crippen LogP contribution < -0.4 is 4.74 Å². The van der Waals surface area contributed by atoms with E-state index in [-0.39, 0.29) is 4.90 Å². The second-order valence-corrected chi connectivity index (χ2v) is 6.61. The monoisotopic (exact) mass is 302 g/mol. The number of para-hydroxylation sites is 1. The lowest BCUT2D eigenvalue weighted by atomic mass is 10.2. The molecule has 1 unspecified atom stereocenters. The molecule has 5 heteroatoms. The summed E-state index contributed by atoms with van der Waals surface area (Å²) in [6, 6.07) is 13.4. The van der Waals surface area contributed by atoms with Crippen molar-refractivity contribution in [2.24, 2.45) is 0 Å². The lowest BCUT2D eigenvalue weighted by Gasteiger charge is -2.09. The van der Waals surface area contributed by atoms with Crippen LogP contribution in [-0.2, 0) is 9.84 Å². The standard InChI is InChI=1S/C16H16NO3S/c1-12-8-10-13(11-9-12)21(18,19)16(17-2)14-6-4-5-7-15(14)20-3/h2,4-11,16H,1,3H3/q+1. The molecule has 0 saturated heterocycles. The number of nitrogens with zero attached hydrogens (tertiary/aromatic N) is 1. The zero-order chi connectivity index (χ0) is 15.5. The molecular weight excluding hydrogens is 286 g/mol. The van der Waals surface area contributed by atoms with Crippen LogP contribution in [0.4, 0.5) is 0 Å². The Labute approximate surface area is 124 Å². The van der Waals surface area contributed by atoms with E-state index < -0.39 is 15.2 Å². The van der Waals surface area contributed by atoms with Gasteiger partial charge in [0.25, 0.3) is 16.4 Å². The van der Waals surface area contributed by atoms with E-state index in [9.17, 15) is 8.42 Å². The quantitative estimate of drug-likeness (QED) is 0.869. The molecule has 108 valence electrons. The van der Waals surface area contributed by atoms with Crippen LogP contribution in [0.25, 0.3) is 4.85 Å². The summed E-state index contributed by atoms with van der Waals surface area (Å²) in [7, 11) is -2.25. The molecule has 0 fully saturated rings. The Morgan fingerprint density at radius 1 is 1.10 bits per heavy atom. The Hall–Kier alpha value is -2.32. The predicted octanol–water partition coefficient (Wildman–Crippen LogP) is 3.44. The predicted molar refractivity (Wildman–Crippen MR) is 82.4 cm³/mol. The fraction of sp³-hybridized carbons (Fsp3) is 0.188. The summed E-state index contributed by atoms with van der Waals surface area (Å²) >= 11 is 0. The third-order valence-corrected chi connectivity index (χ3v) is 5.08. The maximum atomic E-state index is 12.7. The number of aryl methyl sites for hydroxylation is 1. The van der Waals surface area contributed by atoms with E-state index >= 15 is 0 Å². The van der Waals surface area contributed by atoms with Gasteiger partial charge in [0.15, 0.2) is 0 Å². The van der Waals surface area contributed by atoms with E-state index in [1.807, 2.05) is 6.92 Å². The normalized spacial score (nSPS) is 12.4. The Morgan fingerprint density at radius 3 is 2.29 bits per heavy atom. The van der Waals surface area contributed by atoms with E-state index in [2.05, 4.69) is 4.85 Å². The third kappa shape index (κ3) is 2.91. The van der Waals surface area contributed by atoms with Gasteiger partial charge in [0.1, 0.15) is 5.75 Å². The summed E-state index contributed by atoms with van der Waals surface area (Å²) in [5.74, 6) is 0.437. The van der Waals surface area contributed by atoms with Crippen LogP contribution in [0.2, 0.25) is 0 Å². The molecular formula is C16H16NO3S+. The molecule has 0 heterocycles. The molecule has 0 N–H and O–H groups in total. The zero-order valence-electron chi connectivity index (χ0n) is 11.9. The number of methoxy groups -OCH3 is 1. The molecule has 21 heavy (non-hydrogen) atoms. The average molecular weight is 302 g/mol. The molecule has 0 saturated carbocycles. The summed E-state index contributed by atoms with van der Waals surface area (Å²) < 4.78 is 30.6. The highest BCUT2D eigenvalue weighted by Gasteiger charge is 2.39. The summed E-state index contributed by atoms with van der Waals surface area (Å²) in [5, 5.41) is -1.20. The van der Waals surface area contributed by atoms with Gasteiger partial charge in [-0.2, -0.15) is 0 Å². The molecule has 0 aromatic heterocycles. The highest BCUT2D eigenvalue weighted by Crippen LogP contribution is 2.35. The number of ether oxygens (including phenoxy) is 1. The highest BCUT2D eigenvalue weighted by atomic mass is 32.2. The Balaban J connectivity index is 2.55. The number of benzene rings is 2. The second kappa shape index (κ2) is 5.98. The molecule has 0 spiro atoms. The van der Waals surface area contributed by atoms with Crippen molar-refractivity contribution in [3.63, 3.8) is 0 Å². The molecule has 0 aliphatic heterocycles. The summed E-state index contributed by atoms with van der Waals surface area (Å²) in [5.41, 5.74) is 1.40. The van der Waals surface area contributed by atoms with Crippen LogP contribution in [0.1, 0.15) is 16.5 Å². The van der Waals surface area contributed by atoms with Crippen molar-refractivity contribution in [2.75, 3.05) is 7.11 Å². The van der Waals surface area contributed by atoms with Crippen LogP contribution in [-0.4, -0.2) is 15.5 Å². The Kier molecular flexibility index (Phi) is 4.29. The minimum absolute atomic E-state index is 0.179. The third-order valence-electron chi connectivity index (χ3n) is 3.18. The number of hydrogen-bond acceptors (Lipinski definition) is 3. The topological polar surface area (TPSA) is 47.7 Å². The Bertz CT molecular complexity index is 774. The largest absolute Gasteiger partial charge is 0.496 e. The lowest BCUT2D eigenvalue weighted by Crippen LogP contribution is -2.11. The van der Waals surface area contributed by atoms with Crippen LogP contribution in [0.15, 0.2) is 53.4 Å². The average Bonchev–Trinajstić information content (AvgIpc) is 2.48. The van der Waals surface area contributed by atoms with E-state index in [0.29, 0.717) is 11.3 Å². The van der Waals surface area contributed by atoms with E-state index in [0.717, 1.165) is 5.56 Å². The van der Waals surface area contributed by atoms with Crippen LogP contribution in [0, 0.1) is 13.5 Å². The molecule has 4 nitrogen and oxygen atoms in total. The first-order valence-electron chi connectivity index (χ1n) is 6.34. The highest BCUT2D eigenvalue weighted by molar-refractivity contribution is 7.91. The summed E-state index contributed by atoms with van der Waals surface area (Å²) in [6.45, 7) is 7.26. The minimum atomic E-state index is -3.73. The van der Waals surface area contributed by atoms with Gasteiger partial charge in [-0.25, -0.2) is 8.42 Å². The zero-order valence-corrected chi connectivity index (χ0v) is 12.7. The van der Waals surface area contributed by atoms with Gasteiger partial charge >= 0.3 is 5.37 Å². The fourth-order valence-electron chi connectivity index (χ4n) is 2.05. The van der Waals surface area contributed by atoms with Crippen molar-refractivity contribution in [2.45, 2.75) is 17.2 Å². The SMILES string of the molecule is C#[N+]C(c1ccccc1OC)S(=O)(=O)c1ccc(C)cc1. The maximum Gasteiger partial charge on any atom is 0.401 e. The molecule has 1 atom stereocenters. The molecule has 2 rings (SSSR count). The number of hydrogen-bond donors (Lipinski definition) is 0. The van der Waals surface area contributed by atoms with E-state index in [1.54, 1.807) is 48.5 Å². The van der Waals surface area contributed by atoms with Gasteiger partial charge in [-0.1, -0.05) is 34.7 Å². The first-order valence-corrected chi connectivity index (χ1v) is 7.89. The molecule has 0 amide bonds. The van der Waals surface area contributed by atoms with Gasteiger partial charge in [-0.3, -0.25) is 0 Å². The summed E-state index contributed by atoms with van der Waals surface area (Å²) in [4.78, 5) is 3.75. The van der Waals surface area contributed by atoms with Crippen LogP contribution in [0.3, 0.4) is 0 Å². The van der Waals surface area contributed by atoms with Gasteiger partial charge in [0, 0.05) is 0 Å². The van der Waals surface area contributed by atoms with Crippen molar-refractivity contribution in [3.8, 4) is 12.3 Å². The number of rotatable bonds is 4. The van der Waals surface area contributed by atoms with Gasteiger partial charge in [0.05, 0.1) is 17.6 Å². The molecule has 0 aliphatic carbocycles. The van der Waals surface area contributed by atoms with Crippen molar-refractivity contribution in [1.29, 1.82) is 0 Å². The lowest BCUT2D eigenvalue weighted by molar-refractivity contribution is 0.410. The maximum absolute atomic E-state index is 12.7. The molecule has 2 aromatic rings. The summed E-state index contributed by atoms with van der Waals surface area (Å²) in [6.07, 6.45) is 0. The van der Waals surface area contributed by atoms with Gasteiger partial charge < -0.3 is 4.74 Å². The first kappa shape index (κ1) is 15.1. The van der Waals surface area contributed by atoms with E-state index in [1.165, 1.54) is 7.11 Å². The molecule has 0 radical (unpaired) electrons.